The lowest BCUT2D eigenvalue weighted by molar-refractivity contribution is -0.270. The molecule has 0 radical (unpaired) electrons. The molecule has 0 spiro atoms. The number of rotatable bonds is 7. The standard InChI is InChI=1S/C23H22O3.C22H30O2S/c1-15(17-9-5-3-6-10-17)19-13-20(22(24)21(14-19)23(25)26)16(2)18-11-7-4-8-12-18;1-13-9-17(23)15(21(3,4)5)11-19(13)25-20-12-16(22(6,7)8)18(24)10-14(20)2/h3-16,24H,1-2H3,(H,25,26);9-12,23-24H,1-8H3/p-1. The van der Waals surface area contributed by atoms with Crippen LogP contribution in [0.2, 0.25) is 0 Å². The van der Waals surface area contributed by atoms with Crippen molar-refractivity contribution in [1.29, 1.82) is 0 Å². The largest absolute Gasteiger partial charge is 0.872 e. The second-order valence-electron chi connectivity index (χ2n) is 15.4. The molecule has 0 amide bonds. The Morgan fingerprint density at radius 1 is 0.627 bits per heavy atom. The minimum Gasteiger partial charge on any atom is -0.872 e. The highest BCUT2D eigenvalue weighted by Gasteiger charge is 2.23. The van der Waals surface area contributed by atoms with Crippen LogP contribution < -0.4 is 5.11 Å². The molecule has 0 heterocycles. The van der Waals surface area contributed by atoms with Gasteiger partial charge in [-0.2, -0.15) is 0 Å². The molecule has 268 valence electrons. The first kappa shape index (κ1) is 39.1. The predicted molar refractivity (Wildman–Crippen MR) is 208 cm³/mol. The zero-order valence-corrected chi connectivity index (χ0v) is 32.3. The first-order valence-electron chi connectivity index (χ1n) is 17.3. The van der Waals surface area contributed by atoms with Crippen molar-refractivity contribution in [1.82, 2.24) is 0 Å². The third-order valence-corrected chi connectivity index (χ3v) is 10.7. The van der Waals surface area contributed by atoms with E-state index in [4.69, 9.17) is 0 Å². The van der Waals surface area contributed by atoms with Crippen molar-refractivity contribution in [2.45, 2.75) is 102 Å². The normalized spacial score (nSPS) is 12.8. The molecule has 0 aliphatic heterocycles. The van der Waals surface area contributed by atoms with Crippen LogP contribution in [0.5, 0.6) is 17.2 Å². The van der Waals surface area contributed by atoms with Crippen LogP contribution in [0.25, 0.3) is 0 Å². The molecule has 6 heteroatoms. The fourth-order valence-electron chi connectivity index (χ4n) is 6.15. The molecular formula is C45H51O5S-. The molecule has 2 atom stereocenters. The maximum atomic E-state index is 12.8. The van der Waals surface area contributed by atoms with E-state index in [-0.39, 0.29) is 28.2 Å². The van der Waals surface area contributed by atoms with Gasteiger partial charge >= 0.3 is 5.97 Å². The number of carboxylic acid groups (broad SMARTS) is 1. The summed E-state index contributed by atoms with van der Waals surface area (Å²) in [5.74, 6) is -1.06. The molecule has 0 aromatic heterocycles. The van der Waals surface area contributed by atoms with Gasteiger partial charge in [0.1, 0.15) is 11.5 Å². The summed E-state index contributed by atoms with van der Waals surface area (Å²) in [5, 5.41) is 42.9. The highest BCUT2D eigenvalue weighted by Crippen LogP contribution is 2.43. The number of phenolic OH excluding ortho intramolecular Hbond substituents is 2. The van der Waals surface area contributed by atoms with Crippen LogP contribution in [0.15, 0.2) is 107 Å². The van der Waals surface area contributed by atoms with Gasteiger partial charge in [0, 0.05) is 32.8 Å². The Morgan fingerprint density at radius 2 is 1.04 bits per heavy atom. The Kier molecular flexibility index (Phi) is 12.0. The highest BCUT2D eigenvalue weighted by atomic mass is 32.2. The Labute approximate surface area is 308 Å². The summed E-state index contributed by atoms with van der Waals surface area (Å²) in [4.78, 5) is 13.9. The maximum absolute atomic E-state index is 12.8. The van der Waals surface area contributed by atoms with Crippen LogP contribution in [0.1, 0.15) is 122 Å². The SMILES string of the molecule is CC(c1ccccc1)c1cc(C(=O)O)c([O-])c(C(C)c2ccccc2)c1.Cc1cc(O)c(C(C)(C)C)cc1Sc1cc(C(C)(C)C)c(O)cc1C. The zero-order valence-electron chi connectivity index (χ0n) is 31.5. The minimum absolute atomic E-state index is 0.00313. The van der Waals surface area contributed by atoms with Gasteiger partial charge in [-0.25, -0.2) is 4.79 Å². The third kappa shape index (κ3) is 9.36. The fourth-order valence-corrected chi connectivity index (χ4v) is 7.18. The maximum Gasteiger partial charge on any atom is 0.335 e. The lowest BCUT2D eigenvalue weighted by Gasteiger charge is -2.25. The van der Waals surface area contributed by atoms with E-state index in [0.717, 1.165) is 48.7 Å². The van der Waals surface area contributed by atoms with Crippen LogP contribution in [0, 0.1) is 13.8 Å². The Bertz CT molecular complexity index is 1920. The van der Waals surface area contributed by atoms with Gasteiger partial charge in [-0.05, 0) is 88.4 Å². The Morgan fingerprint density at radius 3 is 1.43 bits per heavy atom. The average molecular weight is 704 g/mol. The number of phenols is 2. The molecule has 0 aliphatic rings. The molecule has 0 saturated carbocycles. The van der Waals surface area contributed by atoms with Crippen molar-refractivity contribution < 1.29 is 25.2 Å². The first-order valence-corrected chi connectivity index (χ1v) is 18.1. The lowest BCUT2D eigenvalue weighted by Crippen LogP contribution is -2.12. The number of benzene rings is 5. The van der Waals surface area contributed by atoms with Crippen molar-refractivity contribution in [3.05, 3.63) is 147 Å². The molecule has 0 aliphatic carbocycles. The van der Waals surface area contributed by atoms with E-state index in [1.54, 1.807) is 11.8 Å². The summed E-state index contributed by atoms with van der Waals surface area (Å²) >= 11 is 1.70. The number of carbonyl (C=O) groups is 1. The van der Waals surface area contributed by atoms with Gasteiger partial charge in [0.05, 0.1) is 5.56 Å². The summed E-state index contributed by atoms with van der Waals surface area (Å²) < 4.78 is 0. The monoisotopic (exact) mass is 703 g/mol. The topological polar surface area (TPSA) is 101 Å². The van der Waals surface area contributed by atoms with E-state index in [1.165, 1.54) is 6.07 Å². The van der Waals surface area contributed by atoms with Gasteiger partial charge < -0.3 is 20.4 Å². The quantitative estimate of drug-likeness (QED) is 0.156. The van der Waals surface area contributed by atoms with Crippen LogP contribution in [0.3, 0.4) is 0 Å². The van der Waals surface area contributed by atoms with E-state index in [9.17, 15) is 25.2 Å². The smallest absolute Gasteiger partial charge is 0.335 e. The van der Waals surface area contributed by atoms with Gasteiger partial charge in [-0.3, -0.25) is 0 Å². The number of carboxylic acids is 1. The molecule has 2 unspecified atom stereocenters. The van der Waals surface area contributed by atoms with Crippen LogP contribution in [0.4, 0.5) is 0 Å². The highest BCUT2D eigenvalue weighted by molar-refractivity contribution is 7.99. The summed E-state index contributed by atoms with van der Waals surface area (Å²) in [5.41, 5.74) is 7.05. The molecule has 0 saturated heterocycles. The number of hydrogen-bond acceptors (Lipinski definition) is 5. The first-order chi connectivity index (χ1) is 23.8. The van der Waals surface area contributed by atoms with Crippen molar-refractivity contribution >= 4 is 17.7 Å². The van der Waals surface area contributed by atoms with Gasteiger partial charge in [0.2, 0.25) is 0 Å². The Hall–Kier alpha value is -4.68. The van der Waals surface area contributed by atoms with Gasteiger partial charge in [0.15, 0.2) is 0 Å². The van der Waals surface area contributed by atoms with Crippen molar-refractivity contribution in [2.75, 3.05) is 0 Å². The number of aromatic hydroxyl groups is 2. The minimum atomic E-state index is -1.18. The number of hydrogen-bond donors (Lipinski definition) is 3. The predicted octanol–water partition coefficient (Wildman–Crippen LogP) is 11.2. The second-order valence-corrected chi connectivity index (χ2v) is 16.5. The van der Waals surface area contributed by atoms with Crippen molar-refractivity contribution in [3.63, 3.8) is 0 Å². The second kappa shape index (κ2) is 15.7. The zero-order chi connectivity index (χ0) is 37.8. The molecule has 5 aromatic carbocycles. The molecular weight excluding hydrogens is 653 g/mol. The third-order valence-electron chi connectivity index (χ3n) is 9.36. The van der Waals surface area contributed by atoms with Crippen molar-refractivity contribution in [3.8, 4) is 17.2 Å². The van der Waals surface area contributed by atoms with E-state index in [1.807, 2.05) is 107 Å². The molecule has 0 fully saturated rings. The molecule has 0 bridgehead atoms. The van der Waals surface area contributed by atoms with Crippen LogP contribution in [-0.2, 0) is 10.8 Å². The van der Waals surface area contributed by atoms with E-state index < -0.39 is 11.7 Å². The summed E-state index contributed by atoms with van der Waals surface area (Å²) in [7, 11) is 0. The summed E-state index contributed by atoms with van der Waals surface area (Å²) in [6, 6.07) is 30.8. The van der Waals surface area contributed by atoms with E-state index >= 15 is 0 Å². The summed E-state index contributed by atoms with van der Waals surface area (Å²) in [6.07, 6.45) is 0. The van der Waals surface area contributed by atoms with E-state index in [2.05, 4.69) is 53.7 Å². The molecule has 5 nitrogen and oxygen atoms in total. The molecule has 3 N–H and O–H groups in total. The van der Waals surface area contributed by atoms with Crippen molar-refractivity contribution in [2.24, 2.45) is 0 Å². The van der Waals surface area contributed by atoms with Crippen LogP contribution in [-0.4, -0.2) is 21.3 Å². The van der Waals surface area contributed by atoms with Crippen LogP contribution >= 0.6 is 11.8 Å². The Balaban J connectivity index is 0.000000229. The number of aromatic carboxylic acids is 1. The summed E-state index contributed by atoms with van der Waals surface area (Å²) in [6.45, 7) is 20.6. The average Bonchev–Trinajstić information content (AvgIpc) is 3.06. The molecule has 51 heavy (non-hydrogen) atoms. The van der Waals surface area contributed by atoms with Gasteiger partial charge in [0.25, 0.3) is 0 Å². The number of aryl methyl sites for hydroxylation is 2. The lowest BCUT2D eigenvalue weighted by atomic mass is 9.85. The molecule has 5 rings (SSSR count). The van der Waals surface area contributed by atoms with Gasteiger partial charge in [-0.1, -0.05) is 140 Å². The fraction of sp³-hybridized carbons (Fsp3) is 0.311. The molecule has 5 aromatic rings. The van der Waals surface area contributed by atoms with E-state index in [0.29, 0.717) is 17.1 Å². The van der Waals surface area contributed by atoms with Gasteiger partial charge in [-0.15, -0.1) is 0 Å².